The summed E-state index contributed by atoms with van der Waals surface area (Å²) in [5.41, 5.74) is 6.13. The van der Waals surface area contributed by atoms with Gasteiger partial charge in [0.2, 0.25) is 0 Å². The van der Waals surface area contributed by atoms with Crippen LogP contribution in [0.3, 0.4) is 0 Å². The Morgan fingerprint density at radius 1 is 0.821 bits per heavy atom. The van der Waals surface area contributed by atoms with E-state index in [9.17, 15) is 9.59 Å². The minimum absolute atomic E-state index is 0.266. The number of aryl methyl sites for hydroxylation is 2. The number of carbonyl (C=O) groups is 2. The first-order valence-electron chi connectivity index (χ1n) is 8.81. The maximum absolute atomic E-state index is 12.2. The van der Waals surface area contributed by atoms with Crippen molar-refractivity contribution in [1.82, 2.24) is 5.43 Å². The summed E-state index contributed by atoms with van der Waals surface area (Å²) in [5, 5.41) is 3.98. The minimum Gasteiger partial charge on any atom is -0.423 e. The molecule has 1 amide bonds. The highest BCUT2D eigenvalue weighted by Gasteiger charge is 2.10. The molecule has 3 rings (SSSR count). The van der Waals surface area contributed by atoms with E-state index in [0.717, 1.165) is 16.7 Å². The molecule has 28 heavy (non-hydrogen) atoms. The van der Waals surface area contributed by atoms with E-state index in [1.807, 2.05) is 44.2 Å². The minimum atomic E-state index is -0.398. The molecule has 0 unspecified atom stereocenters. The molecule has 3 aromatic carbocycles. The predicted molar refractivity (Wildman–Crippen MR) is 109 cm³/mol. The van der Waals surface area contributed by atoms with E-state index in [2.05, 4.69) is 10.5 Å². The van der Waals surface area contributed by atoms with E-state index in [1.165, 1.54) is 6.21 Å². The Morgan fingerprint density at radius 3 is 2.00 bits per heavy atom. The lowest BCUT2D eigenvalue weighted by molar-refractivity contribution is 0.0733. The van der Waals surface area contributed by atoms with Crippen LogP contribution < -0.4 is 10.2 Å². The monoisotopic (exact) mass is 372 g/mol. The van der Waals surface area contributed by atoms with Gasteiger partial charge in [-0.05, 0) is 66.9 Å². The third-order valence-corrected chi connectivity index (χ3v) is 4.23. The highest BCUT2D eigenvalue weighted by atomic mass is 16.5. The summed E-state index contributed by atoms with van der Waals surface area (Å²) >= 11 is 0. The molecule has 5 heteroatoms. The Hall–Kier alpha value is -3.73. The highest BCUT2D eigenvalue weighted by molar-refractivity contribution is 5.96. The maximum atomic E-state index is 12.2. The van der Waals surface area contributed by atoms with Crippen molar-refractivity contribution in [2.75, 3.05) is 0 Å². The van der Waals surface area contributed by atoms with Crippen molar-refractivity contribution in [2.45, 2.75) is 13.8 Å². The van der Waals surface area contributed by atoms with E-state index in [1.54, 1.807) is 42.5 Å². The van der Waals surface area contributed by atoms with Gasteiger partial charge in [0.05, 0.1) is 11.8 Å². The van der Waals surface area contributed by atoms with Crippen molar-refractivity contribution in [3.05, 3.63) is 101 Å². The van der Waals surface area contributed by atoms with Crippen LogP contribution in [0, 0.1) is 13.8 Å². The average Bonchev–Trinajstić information content (AvgIpc) is 2.70. The second-order valence-electron chi connectivity index (χ2n) is 6.29. The number of benzene rings is 3. The molecule has 0 radical (unpaired) electrons. The Bertz CT molecular complexity index is 1020. The first-order valence-corrected chi connectivity index (χ1v) is 8.81. The zero-order valence-electron chi connectivity index (χ0n) is 15.7. The summed E-state index contributed by atoms with van der Waals surface area (Å²) in [6, 6.07) is 21.4. The van der Waals surface area contributed by atoms with Gasteiger partial charge in [-0.2, -0.15) is 5.10 Å². The van der Waals surface area contributed by atoms with Gasteiger partial charge in [0, 0.05) is 5.56 Å². The number of esters is 1. The highest BCUT2D eigenvalue weighted by Crippen LogP contribution is 2.15. The largest absolute Gasteiger partial charge is 0.423 e. The maximum Gasteiger partial charge on any atom is 0.343 e. The van der Waals surface area contributed by atoms with Crippen LogP contribution in [0.2, 0.25) is 0 Å². The molecule has 0 saturated heterocycles. The number of nitrogens with one attached hydrogen (secondary N) is 1. The summed E-state index contributed by atoms with van der Waals surface area (Å²) in [6.07, 6.45) is 1.53. The van der Waals surface area contributed by atoms with Crippen LogP contribution in [-0.2, 0) is 0 Å². The Morgan fingerprint density at radius 2 is 1.39 bits per heavy atom. The van der Waals surface area contributed by atoms with Gasteiger partial charge < -0.3 is 4.74 Å². The predicted octanol–water partition coefficient (Wildman–Crippen LogP) is 4.29. The Labute approximate surface area is 163 Å². The molecule has 0 fully saturated rings. The Kier molecular flexibility index (Phi) is 5.97. The van der Waals surface area contributed by atoms with Gasteiger partial charge in [-0.1, -0.05) is 36.4 Å². The number of hydrogen-bond donors (Lipinski definition) is 1. The van der Waals surface area contributed by atoms with E-state index in [4.69, 9.17) is 4.74 Å². The summed E-state index contributed by atoms with van der Waals surface area (Å²) in [7, 11) is 0. The quantitative estimate of drug-likeness (QED) is 0.314. The van der Waals surface area contributed by atoms with Crippen LogP contribution in [0.4, 0.5) is 0 Å². The third kappa shape index (κ3) is 4.71. The fourth-order valence-corrected chi connectivity index (χ4v) is 2.64. The molecular weight excluding hydrogens is 352 g/mol. The molecule has 0 aliphatic heterocycles. The van der Waals surface area contributed by atoms with Gasteiger partial charge in [0.1, 0.15) is 5.75 Å². The molecular formula is C23H20N2O3. The zero-order chi connectivity index (χ0) is 19.9. The lowest BCUT2D eigenvalue weighted by Gasteiger charge is -2.06. The molecule has 140 valence electrons. The lowest BCUT2D eigenvalue weighted by atomic mass is 10.1. The standard InChI is InChI=1S/C23H20N2O3/c1-16-7-3-5-9-20(16)22(26)25-24-15-18-11-13-19(14-12-18)28-23(27)21-10-6-4-8-17(21)2/h3-15H,1-2H3,(H,25,26). The fourth-order valence-electron chi connectivity index (χ4n) is 2.64. The molecule has 0 bridgehead atoms. The number of ether oxygens (including phenoxy) is 1. The normalized spacial score (nSPS) is 10.6. The van der Waals surface area contributed by atoms with Gasteiger partial charge in [-0.15, -0.1) is 0 Å². The van der Waals surface area contributed by atoms with Gasteiger partial charge in [0.25, 0.3) is 5.91 Å². The van der Waals surface area contributed by atoms with Crippen LogP contribution in [0.15, 0.2) is 77.9 Å². The Balaban J connectivity index is 1.59. The van der Waals surface area contributed by atoms with Crippen LogP contribution in [0.1, 0.15) is 37.4 Å². The van der Waals surface area contributed by atoms with E-state index in [-0.39, 0.29) is 5.91 Å². The smallest absolute Gasteiger partial charge is 0.343 e. The van der Waals surface area contributed by atoms with Crippen molar-refractivity contribution >= 4 is 18.1 Å². The molecule has 1 N–H and O–H groups in total. The van der Waals surface area contributed by atoms with Crippen LogP contribution in [0.25, 0.3) is 0 Å². The van der Waals surface area contributed by atoms with Crippen molar-refractivity contribution in [3.63, 3.8) is 0 Å². The van der Waals surface area contributed by atoms with Crippen LogP contribution >= 0.6 is 0 Å². The second kappa shape index (κ2) is 8.77. The summed E-state index contributed by atoms with van der Waals surface area (Å²) < 4.78 is 5.40. The van der Waals surface area contributed by atoms with E-state index >= 15 is 0 Å². The molecule has 0 heterocycles. The molecule has 5 nitrogen and oxygen atoms in total. The lowest BCUT2D eigenvalue weighted by Crippen LogP contribution is -2.18. The van der Waals surface area contributed by atoms with E-state index < -0.39 is 5.97 Å². The number of hydrogen-bond acceptors (Lipinski definition) is 4. The summed E-state index contributed by atoms with van der Waals surface area (Å²) in [4.78, 5) is 24.3. The van der Waals surface area contributed by atoms with Crippen LogP contribution in [-0.4, -0.2) is 18.1 Å². The van der Waals surface area contributed by atoms with Gasteiger partial charge in [0.15, 0.2) is 0 Å². The topological polar surface area (TPSA) is 67.8 Å². The molecule has 0 spiro atoms. The number of carbonyl (C=O) groups excluding carboxylic acids is 2. The molecule has 0 saturated carbocycles. The third-order valence-electron chi connectivity index (χ3n) is 4.23. The number of rotatable bonds is 5. The second-order valence-corrected chi connectivity index (χ2v) is 6.29. The first-order chi connectivity index (χ1) is 13.5. The van der Waals surface area contributed by atoms with Gasteiger partial charge >= 0.3 is 5.97 Å². The molecule has 3 aromatic rings. The molecule has 0 aliphatic carbocycles. The first kappa shape index (κ1) is 19.0. The fraction of sp³-hybridized carbons (Fsp3) is 0.0870. The number of hydrazone groups is 1. The zero-order valence-corrected chi connectivity index (χ0v) is 15.7. The van der Waals surface area contributed by atoms with Crippen LogP contribution in [0.5, 0.6) is 5.75 Å². The summed E-state index contributed by atoms with van der Waals surface area (Å²) in [5.74, 6) is -0.225. The molecule has 0 atom stereocenters. The van der Waals surface area contributed by atoms with Crippen molar-refractivity contribution in [3.8, 4) is 5.75 Å². The SMILES string of the molecule is Cc1ccccc1C(=O)NN=Cc1ccc(OC(=O)c2ccccc2C)cc1. The number of amides is 1. The van der Waals surface area contributed by atoms with Gasteiger partial charge in [-0.3, -0.25) is 4.79 Å². The van der Waals surface area contributed by atoms with E-state index in [0.29, 0.717) is 16.9 Å². The molecule has 0 aliphatic rings. The average molecular weight is 372 g/mol. The number of nitrogens with zero attached hydrogens (tertiary/aromatic N) is 1. The van der Waals surface area contributed by atoms with Crippen molar-refractivity contribution in [1.29, 1.82) is 0 Å². The van der Waals surface area contributed by atoms with Crippen molar-refractivity contribution in [2.24, 2.45) is 5.10 Å². The van der Waals surface area contributed by atoms with Crippen molar-refractivity contribution < 1.29 is 14.3 Å². The summed E-state index contributed by atoms with van der Waals surface area (Å²) in [6.45, 7) is 3.73. The van der Waals surface area contributed by atoms with Gasteiger partial charge in [-0.25, -0.2) is 10.2 Å². The molecule has 0 aromatic heterocycles.